The average molecular weight is 298 g/mol. The molecule has 0 atom stereocenters. The zero-order chi connectivity index (χ0) is 14.7. The first-order valence-corrected chi connectivity index (χ1v) is 6.02. The molecule has 0 saturated carbocycles. The largest absolute Gasteiger partial charge is 0.457 e. The topological polar surface area (TPSA) is 52.3 Å². The monoisotopic (exact) mass is 297 g/mol. The number of carbonyl (C=O) groups excluding carboxylic acids is 1. The Morgan fingerprint density at radius 1 is 1.25 bits per heavy atom. The highest BCUT2D eigenvalue weighted by Gasteiger charge is 2.14. The van der Waals surface area contributed by atoms with Crippen molar-refractivity contribution in [2.24, 2.45) is 0 Å². The number of nitrogens with two attached hydrogens (primary N) is 1. The van der Waals surface area contributed by atoms with Crippen molar-refractivity contribution in [2.45, 2.75) is 6.61 Å². The summed E-state index contributed by atoms with van der Waals surface area (Å²) in [6, 6.07) is 7.94. The molecule has 6 heteroatoms. The van der Waals surface area contributed by atoms with Gasteiger partial charge >= 0.3 is 5.97 Å². The van der Waals surface area contributed by atoms with E-state index in [-0.39, 0.29) is 22.8 Å². The first-order valence-electron chi connectivity index (χ1n) is 5.64. The Morgan fingerprint density at radius 3 is 2.70 bits per heavy atom. The molecule has 3 nitrogen and oxygen atoms in total. The van der Waals surface area contributed by atoms with Crippen molar-refractivity contribution >= 4 is 23.3 Å². The number of ether oxygens (including phenoxy) is 1. The third-order valence-electron chi connectivity index (χ3n) is 2.60. The van der Waals surface area contributed by atoms with E-state index in [0.717, 1.165) is 6.07 Å². The molecule has 2 N–H and O–H groups in total. The summed E-state index contributed by atoms with van der Waals surface area (Å²) in [6.45, 7) is -0.386. The summed E-state index contributed by atoms with van der Waals surface area (Å²) in [5.74, 6) is -2.77. The molecule has 2 aromatic carbocycles. The molecule has 0 radical (unpaired) electrons. The van der Waals surface area contributed by atoms with E-state index in [4.69, 9.17) is 22.1 Å². The van der Waals surface area contributed by atoms with Crippen LogP contribution >= 0.6 is 11.6 Å². The van der Waals surface area contributed by atoms with E-state index in [9.17, 15) is 13.6 Å². The molecule has 0 unspecified atom stereocenters. The summed E-state index contributed by atoms with van der Waals surface area (Å²) >= 11 is 5.85. The summed E-state index contributed by atoms with van der Waals surface area (Å²) < 4.78 is 31.3. The predicted octanol–water partition coefficient (Wildman–Crippen LogP) is 3.56. The van der Waals surface area contributed by atoms with Crippen LogP contribution in [-0.4, -0.2) is 5.97 Å². The third-order valence-corrected chi connectivity index (χ3v) is 2.92. The molecular weight excluding hydrogens is 288 g/mol. The molecule has 0 saturated heterocycles. The van der Waals surface area contributed by atoms with Crippen molar-refractivity contribution in [3.05, 3.63) is 64.2 Å². The van der Waals surface area contributed by atoms with Crippen LogP contribution < -0.4 is 5.73 Å². The highest BCUT2D eigenvalue weighted by molar-refractivity contribution is 6.33. The van der Waals surface area contributed by atoms with Gasteiger partial charge in [0.1, 0.15) is 6.61 Å². The first kappa shape index (κ1) is 14.3. The highest BCUT2D eigenvalue weighted by atomic mass is 35.5. The number of esters is 1. The second-order valence-corrected chi connectivity index (χ2v) is 4.44. The number of nitrogen functional groups attached to an aromatic ring is 1. The predicted molar refractivity (Wildman–Crippen MR) is 71.3 cm³/mol. The van der Waals surface area contributed by atoms with Gasteiger partial charge in [-0.1, -0.05) is 23.7 Å². The Balaban J connectivity index is 2.11. The molecule has 104 valence electrons. The van der Waals surface area contributed by atoms with Gasteiger partial charge in [0.25, 0.3) is 0 Å². The number of carbonyl (C=O) groups is 1. The molecule has 2 rings (SSSR count). The highest BCUT2D eigenvalue weighted by Crippen LogP contribution is 2.21. The van der Waals surface area contributed by atoms with Gasteiger partial charge in [-0.3, -0.25) is 0 Å². The molecule has 2 aromatic rings. The van der Waals surface area contributed by atoms with Crippen molar-refractivity contribution < 1.29 is 18.3 Å². The van der Waals surface area contributed by atoms with Crippen LogP contribution in [0.5, 0.6) is 0 Å². The van der Waals surface area contributed by atoms with E-state index in [0.29, 0.717) is 5.69 Å². The Bertz CT molecular complexity index is 662. The quantitative estimate of drug-likeness (QED) is 0.696. The van der Waals surface area contributed by atoms with Gasteiger partial charge < -0.3 is 10.5 Å². The Hall–Kier alpha value is -2.14. The Kier molecular flexibility index (Phi) is 4.20. The molecule has 0 amide bonds. The number of hydrogen-bond acceptors (Lipinski definition) is 3. The minimum atomic E-state index is -1.04. The summed E-state index contributed by atoms with van der Waals surface area (Å²) in [7, 11) is 0. The molecule has 0 heterocycles. The maximum absolute atomic E-state index is 13.4. The van der Waals surface area contributed by atoms with Gasteiger partial charge in [0, 0.05) is 11.3 Å². The molecular formula is C14H10ClF2NO2. The zero-order valence-electron chi connectivity index (χ0n) is 10.2. The normalized spacial score (nSPS) is 10.3. The van der Waals surface area contributed by atoms with E-state index in [1.807, 2.05) is 0 Å². The van der Waals surface area contributed by atoms with Crippen molar-refractivity contribution in [1.29, 1.82) is 0 Å². The lowest BCUT2D eigenvalue weighted by Crippen LogP contribution is -2.07. The molecule has 0 aliphatic heterocycles. The maximum atomic E-state index is 13.4. The van der Waals surface area contributed by atoms with Crippen LogP contribution in [0.2, 0.25) is 5.02 Å². The minimum Gasteiger partial charge on any atom is -0.457 e. The van der Waals surface area contributed by atoms with Gasteiger partial charge in [0.15, 0.2) is 11.6 Å². The fraction of sp³-hybridized carbons (Fsp3) is 0.0714. The smallest absolute Gasteiger partial charge is 0.339 e. The standard InChI is InChI=1S/C14H10ClF2NO2/c15-11-6-9(18)4-5-10(11)14(19)20-7-8-2-1-3-12(16)13(8)17/h1-6H,7,18H2. The fourth-order valence-corrected chi connectivity index (χ4v) is 1.84. The van der Waals surface area contributed by atoms with Crippen LogP contribution in [0.1, 0.15) is 15.9 Å². The molecule has 0 bridgehead atoms. The van der Waals surface area contributed by atoms with Crippen molar-refractivity contribution in [3.63, 3.8) is 0 Å². The summed E-state index contributed by atoms with van der Waals surface area (Å²) in [6.07, 6.45) is 0. The second kappa shape index (κ2) is 5.88. The first-order chi connectivity index (χ1) is 9.49. The maximum Gasteiger partial charge on any atom is 0.339 e. The van der Waals surface area contributed by atoms with Crippen molar-refractivity contribution in [1.82, 2.24) is 0 Å². The third kappa shape index (κ3) is 3.05. The SMILES string of the molecule is Nc1ccc(C(=O)OCc2cccc(F)c2F)c(Cl)c1. The van der Waals surface area contributed by atoms with Gasteiger partial charge in [-0.05, 0) is 24.3 Å². The summed E-state index contributed by atoms with van der Waals surface area (Å²) in [4.78, 5) is 11.8. The lowest BCUT2D eigenvalue weighted by atomic mass is 10.2. The lowest BCUT2D eigenvalue weighted by Gasteiger charge is -2.08. The lowest BCUT2D eigenvalue weighted by molar-refractivity contribution is 0.0468. The van der Waals surface area contributed by atoms with E-state index in [1.165, 1.54) is 30.3 Å². The Labute approximate surface area is 118 Å². The molecule has 0 spiro atoms. The van der Waals surface area contributed by atoms with Crippen molar-refractivity contribution in [3.8, 4) is 0 Å². The number of anilines is 1. The average Bonchev–Trinajstić information content (AvgIpc) is 2.40. The van der Waals surface area contributed by atoms with Crippen LogP contribution in [0.3, 0.4) is 0 Å². The van der Waals surface area contributed by atoms with Gasteiger partial charge in [0.05, 0.1) is 10.6 Å². The van der Waals surface area contributed by atoms with E-state index < -0.39 is 17.6 Å². The molecule has 0 aliphatic carbocycles. The van der Waals surface area contributed by atoms with Gasteiger partial charge in [-0.2, -0.15) is 0 Å². The molecule has 20 heavy (non-hydrogen) atoms. The molecule has 0 aliphatic rings. The van der Waals surface area contributed by atoms with Gasteiger partial charge in [-0.25, -0.2) is 13.6 Å². The number of benzene rings is 2. The van der Waals surface area contributed by atoms with Crippen LogP contribution in [0.25, 0.3) is 0 Å². The van der Waals surface area contributed by atoms with Crippen LogP contribution in [0.15, 0.2) is 36.4 Å². The number of rotatable bonds is 3. The molecule has 0 aromatic heterocycles. The minimum absolute atomic E-state index is 0.0510. The van der Waals surface area contributed by atoms with E-state index in [1.54, 1.807) is 0 Å². The summed E-state index contributed by atoms with van der Waals surface area (Å²) in [5.41, 5.74) is 5.96. The fourth-order valence-electron chi connectivity index (χ4n) is 1.58. The molecule has 0 fully saturated rings. The van der Waals surface area contributed by atoms with Gasteiger partial charge in [-0.15, -0.1) is 0 Å². The van der Waals surface area contributed by atoms with Gasteiger partial charge in [0.2, 0.25) is 0 Å². The second-order valence-electron chi connectivity index (χ2n) is 4.03. The zero-order valence-corrected chi connectivity index (χ0v) is 11.0. The van der Waals surface area contributed by atoms with Crippen LogP contribution in [0.4, 0.5) is 14.5 Å². The van der Waals surface area contributed by atoms with Crippen LogP contribution in [0, 0.1) is 11.6 Å². The van der Waals surface area contributed by atoms with Crippen molar-refractivity contribution in [2.75, 3.05) is 5.73 Å². The van der Waals surface area contributed by atoms with E-state index in [2.05, 4.69) is 0 Å². The van der Waals surface area contributed by atoms with E-state index >= 15 is 0 Å². The summed E-state index contributed by atoms with van der Waals surface area (Å²) in [5, 5.41) is 0.134. The Morgan fingerprint density at radius 2 is 2.00 bits per heavy atom. The number of hydrogen-bond donors (Lipinski definition) is 1. The van der Waals surface area contributed by atoms with Crippen LogP contribution in [-0.2, 0) is 11.3 Å². The number of halogens is 3.